The first-order chi connectivity index (χ1) is 10.9. The van der Waals surface area contributed by atoms with Crippen molar-refractivity contribution >= 4 is 0 Å². The molecule has 0 spiro atoms. The summed E-state index contributed by atoms with van der Waals surface area (Å²) in [5.74, 6) is 0.463. The van der Waals surface area contributed by atoms with Gasteiger partial charge in [0.25, 0.3) is 0 Å². The van der Waals surface area contributed by atoms with E-state index in [0.717, 1.165) is 5.92 Å². The van der Waals surface area contributed by atoms with Crippen molar-refractivity contribution in [1.29, 1.82) is 0 Å². The molecule has 128 valence electrons. The van der Waals surface area contributed by atoms with E-state index < -0.39 is 12.8 Å². The summed E-state index contributed by atoms with van der Waals surface area (Å²) in [7, 11) is 2.22. The van der Waals surface area contributed by atoms with E-state index in [9.17, 15) is 13.2 Å². The number of halogens is 3. The lowest BCUT2D eigenvalue weighted by atomic mass is 9.93. The molecule has 3 rings (SSSR count). The summed E-state index contributed by atoms with van der Waals surface area (Å²) >= 11 is 0. The highest BCUT2D eigenvalue weighted by Crippen LogP contribution is 2.34. The Balaban J connectivity index is 0.000000172. The van der Waals surface area contributed by atoms with Crippen LogP contribution in [0.5, 0.6) is 11.5 Å². The molecule has 1 saturated heterocycles. The van der Waals surface area contributed by atoms with Gasteiger partial charge in [0.05, 0.1) is 0 Å². The molecule has 6 heteroatoms. The molecule has 1 unspecified atom stereocenters. The van der Waals surface area contributed by atoms with E-state index in [4.69, 9.17) is 5.11 Å². The number of likely N-dealkylation sites (tertiary alicyclic amines) is 1. The van der Waals surface area contributed by atoms with Crippen LogP contribution in [-0.4, -0.2) is 36.4 Å². The molecular formula is C17H22F3NO2. The third-order valence-electron chi connectivity index (χ3n) is 4.04. The summed E-state index contributed by atoms with van der Waals surface area (Å²) in [6, 6.07) is 5.49. The number of para-hydroxylation sites is 2. The second-order valence-electron chi connectivity index (χ2n) is 5.84. The summed E-state index contributed by atoms with van der Waals surface area (Å²) in [5, 5.41) is 9.02. The number of hydrogen-bond donors (Lipinski definition) is 1. The summed E-state index contributed by atoms with van der Waals surface area (Å²) in [6.45, 7) is -0.110. The first kappa shape index (κ1) is 17.5. The Bertz CT molecular complexity index is 543. The number of aromatic hydroxyl groups is 1. The van der Waals surface area contributed by atoms with E-state index in [-0.39, 0.29) is 11.5 Å². The Labute approximate surface area is 134 Å². The molecule has 1 aliphatic carbocycles. The molecule has 3 nitrogen and oxygen atoms in total. The molecule has 1 atom stereocenters. The highest BCUT2D eigenvalue weighted by molar-refractivity contribution is 5.37. The van der Waals surface area contributed by atoms with E-state index in [0.29, 0.717) is 0 Å². The van der Waals surface area contributed by atoms with Gasteiger partial charge in [-0.15, -0.1) is 0 Å². The average molecular weight is 329 g/mol. The number of hydrogen-bond acceptors (Lipinski definition) is 3. The third-order valence-corrected chi connectivity index (χ3v) is 4.04. The van der Waals surface area contributed by atoms with Gasteiger partial charge in [0.15, 0.2) is 18.1 Å². The van der Waals surface area contributed by atoms with Crippen molar-refractivity contribution in [1.82, 2.24) is 4.90 Å². The van der Waals surface area contributed by atoms with Crippen molar-refractivity contribution in [2.24, 2.45) is 5.92 Å². The maximum atomic E-state index is 11.7. The van der Waals surface area contributed by atoms with Crippen molar-refractivity contribution in [2.45, 2.75) is 31.9 Å². The van der Waals surface area contributed by atoms with Crippen LogP contribution in [0.1, 0.15) is 25.7 Å². The number of benzene rings is 1. The highest BCUT2D eigenvalue weighted by Gasteiger charge is 2.28. The van der Waals surface area contributed by atoms with Crippen molar-refractivity contribution in [3.05, 3.63) is 36.0 Å². The summed E-state index contributed by atoms with van der Waals surface area (Å²) < 4.78 is 39.3. The molecule has 1 aromatic carbocycles. The van der Waals surface area contributed by atoms with Crippen LogP contribution in [0.3, 0.4) is 0 Å². The Morgan fingerprint density at radius 2 is 2.00 bits per heavy atom. The van der Waals surface area contributed by atoms with Crippen LogP contribution in [0.15, 0.2) is 36.0 Å². The minimum absolute atomic E-state index is 0.167. The topological polar surface area (TPSA) is 32.7 Å². The van der Waals surface area contributed by atoms with E-state index in [1.165, 1.54) is 56.5 Å². The number of rotatable bonds is 2. The van der Waals surface area contributed by atoms with Crippen LogP contribution in [0.4, 0.5) is 13.2 Å². The lowest BCUT2D eigenvalue weighted by Crippen LogP contribution is -2.19. The number of alkyl halides is 3. The van der Waals surface area contributed by atoms with E-state index in [1.54, 1.807) is 5.70 Å². The monoisotopic (exact) mass is 329 g/mol. The lowest BCUT2D eigenvalue weighted by molar-refractivity contribution is -0.153. The maximum absolute atomic E-state index is 11.7. The van der Waals surface area contributed by atoms with Gasteiger partial charge in [0.2, 0.25) is 0 Å². The quantitative estimate of drug-likeness (QED) is 0.876. The molecule has 1 fully saturated rings. The average Bonchev–Trinajstić information content (AvgIpc) is 2.88. The highest BCUT2D eigenvalue weighted by atomic mass is 19.4. The molecular weight excluding hydrogens is 307 g/mol. The van der Waals surface area contributed by atoms with Crippen molar-refractivity contribution in [3.63, 3.8) is 0 Å². The zero-order valence-electron chi connectivity index (χ0n) is 13.1. The number of allylic oxidation sites excluding steroid dienone is 2. The number of phenols is 1. The van der Waals surface area contributed by atoms with Gasteiger partial charge >= 0.3 is 6.18 Å². The fraction of sp³-hybridized carbons (Fsp3) is 0.529. The van der Waals surface area contributed by atoms with Crippen molar-refractivity contribution in [2.75, 3.05) is 20.2 Å². The molecule has 0 aromatic heterocycles. The van der Waals surface area contributed by atoms with E-state index in [1.807, 2.05) is 0 Å². The maximum Gasteiger partial charge on any atom is 0.422 e. The van der Waals surface area contributed by atoms with Crippen LogP contribution in [0, 0.1) is 5.92 Å². The molecule has 1 N–H and O–H groups in total. The molecule has 1 heterocycles. The standard InChI is InChI=1S/C9H15N.C8H7F3O2/c1-10-7-6-8-4-2-3-5-9(8)10;9-8(10,11)5-13-7-4-2-1-3-6(7)12/h5,8H,2-4,6-7H2,1H3;1-4,12H,5H2. The normalized spacial score (nSPS) is 20.3. The molecule has 0 saturated carbocycles. The van der Waals surface area contributed by atoms with E-state index >= 15 is 0 Å². The Kier molecular flexibility index (Phi) is 5.80. The largest absolute Gasteiger partial charge is 0.504 e. The van der Waals surface area contributed by atoms with Gasteiger partial charge in [-0.05, 0) is 37.8 Å². The number of ether oxygens (including phenoxy) is 1. The van der Waals surface area contributed by atoms with Gasteiger partial charge in [-0.3, -0.25) is 0 Å². The molecule has 23 heavy (non-hydrogen) atoms. The van der Waals surface area contributed by atoms with Crippen LogP contribution in [0.25, 0.3) is 0 Å². The molecule has 1 aromatic rings. The molecule has 0 amide bonds. The molecule has 2 aliphatic rings. The SMILES string of the molecule is CN1CCC2CCCC=C21.Oc1ccccc1OCC(F)(F)F. The number of fused-ring (bicyclic) bond motifs is 1. The van der Waals surface area contributed by atoms with Crippen molar-refractivity contribution < 1.29 is 23.0 Å². The first-order valence-electron chi connectivity index (χ1n) is 7.75. The van der Waals surface area contributed by atoms with Gasteiger partial charge < -0.3 is 14.7 Å². The smallest absolute Gasteiger partial charge is 0.422 e. The van der Waals surface area contributed by atoms with E-state index in [2.05, 4.69) is 22.8 Å². The van der Waals surface area contributed by atoms with Crippen LogP contribution in [-0.2, 0) is 0 Å². The summed E-state index contributed by atoms with van der Waals surface area (Å²) in [5.41, 5.74) is 1.63. The minimum atomic E-state index is -4.39. The lowest BCUT2D eigenvalue weighted by Gasteiger charge is -2.20. The minimum Gasteiger partial charge on any atom is -0.504 e. The van der Waals surface area contributed by atoms with Gasteiger partial charge in [0, 0.05) is 25.2 Å². The number of nitrogens with zero attached hydrogens (tertiary/aromatic N) is 1. The second kappa shape index (κ2) is 7.62. The summed E-state index contributed by atoms with van der Waals surface area (Å²) in [6.07, 6.45) is 3.63. The predicted molar refractivity (Wildman–Crippen MR) is 82.3 cm³/mol. The van der Waals surface area contributed by atoms with Gasteiger partial charge in [-0.2, -0.15) is 13.2 Å². The summed E-state index contributed by atoms with van der Waals surface area (Å²) in [4.78, 5) is 2.42. The number of phenolic OH excluding ortho intramolecular Hbond substituents is 1. The van der Waals surface area contributed by atoms with Crippen molar-refractivity contribution in [3.8, 4) is 11.5 Å². The molecule has 0 radical (unpaired) electrons. The molecule has 0 bridgehead atoms. The fourth-order valence-electron chi connectivity index (χ4n) is 2.91. The van der Waals surface area contributed by atoms with Crippen LogP contribution in [0.2, 0.25) is 0 Å². The third kappa shape index (κ3) is 5.37. The van der Waals surface area contributed by atoms with Gasteiger partial charge in [-0.1, -0.05) is 18.2 Å². The van der Waals surface area contributed by atoms with Gasteiger partial charge in [-0.25, -0.2) is 0 Å². The zero-order valence-corrected chi connectivity index (χ0v) is 13.1. The fourth-order valence-corrected chi connectivity index (χ4v) is 2.91. The Morgan fingerprint density at radius 1 is 1.26 bits per heavy atom. The zero-order chi connectivity index (χ0) is 16.9. The first-order valence-corrected chi connectivity index (χ1v) is 7.75. The van der Waals surface area contributed by atoms with Crippen LogP contribution < -0.4 is 4.74 Å². The molecule has 1 aliphatic heterocycles. The second-order valence-corrected chi connectivity index (χ2v) is 5.84. The Morgan fingerprint density at radius 3 is 2.65 bits per heavy atom. The van der Waals surface area contributed by atoms with Gasteiger partial charge in [0.1, 0.15) is 0 Å². The van der Waals surface area contributed by atoms with Crippen LogP contribution >= 0.6 is 0 Å². The predicted octanol–water partition coefficient (Wildman–Crippen LogP) is 4.34. The Hall–Kier alpha value is -1.85.